The summed E-state index contributed by atoms with van der Waals surface area (Å²) in [6.45, 7) is 4.19. The number of rotatable bonds is 12. The van der Waals surface area contributed by atoms with Gasteiger partial charge >= 0.3 is 0 Å². The zero-order valence-electron chi connectivity index (χ0n) is 22.8. The van der Waals surface area contributed by atoms with Gasteiger partial charge in [0.15, 0.2) is 0 Å². The number of hydrogen-bond acceptors (Lipinski definition) is 5. The second-order valence-corrected chi connectivity index (χ2v) is 11.1. The van der Waals surface area contributed by atoms with Crippen LogP contribution in [-0.2, 0) is 26.2 Å². The van der Waals surface area contributed by atoms with Gasteiger partial charge in [-0.3, -0.25) is 13.9 Å². The van der Waals surface area contributed by atoms with Gasteiger partial charge in [-0.05, 0) is 74.9 Å². The van der Waals surface area contributed by atoms with Gasteiger partial charge < -0.3 is 15.0 Å². The first-order valence-electron chi connectivity index (χ1n) is 12.7. The standard InChI is InChI=1S/C29H33F2N3O5S/c1-5-20(2)32-29(36)21(3)33(18-22-8-6-7-9-27(22)31)28(35)19-34(24-12-10-23(30)11-13-24)40(37,38)26-16-14-25(39-4)15-17-26/h6-17,20-21H,5,18-19H2,1-4H3,(H,32,36)/t20-,21+/m0/s1. The minimum atomic E-state index is -4.34. The lowest BCUT2D eigenvalue weighted by Crippen LogP contribution is -2.52. The van der Waals surface area contributed by atoms with Crippen molar-refractivity contribution in [2.75, 3.05) is 18.0 Å². The van der Waals surface area contributed by atoms with Crippen molar-refractivity contribution < 1.29 is 31.5 Å². The predicted molar refractivity (Wildman–Crippen MR) is 148 cm³/mol. The van der Waals surface area contributed by atoms with Gasteiger partial charge in [0.25, 0.3) is 10.0 Å². The Morgan fingerprint density at radius 2 is 1.57 bits per heavy atom. The molecule has 1 N–H and O–H groups in total. The van der Waals surface area contributed by atoms with E-state index in [-0.39, 0.29) is 28.7 Å². The molecule has 3 aromatic rings. The molecule has 3 rings (SSSR count). The second kappa shape index (κ2) is 13.4. The Kier molecular flexibility index (Phi) is 10.2. The lowest BCUT2D eigenvalue weighted by molar-refractivity contribution is -0.139. The van der Waals surface area contributed by atoms with Crippen LogP contribution in [0, 0.1) is 11.6 Å². The fourth-order valence-electron chi connectivity index (χ4n) is 3.87. The fraction of sp³-hybridized carbons (Fsp3) is 0.310. The van der Waals surface area contributed by atoms with Gasteiger partial charge in [0.05, 0.1) is 17.7 Å². The van der Waals surface area contributed by atoms with Crippen molar-refractivity contribution in [3.05, 3.63) is 90.0 Å². The van der Waals surface area contributed by atoms with Crippen molar-refractivity contribution in [2.24, 2.45) is 0 Å². The van der Waals surface area contributed by atoms with Crippen LogP contribution in [0.25, 0.3) is 0 Å². The minimum absolute atomic E-state index is 0.0353. The molecule has 0 aliphatic rings. The number of hydrogen-bond donors (Lipinski definition) is 1. The molecule has 0 saturated heterocycles. The zero-order valence-corrected chi connectivity index (χ0v) is 23.6. The monoisotopic (exact) mass is 573 g/mol. The maximum absolute atomic E-state index is 14.6. The van der Waals surface area contributed by atoms with Gasteiger partial charge in [-0.25, -0.2) is 17.2 Å². The third-order valence-electron chi connectivity index (χ3n) is 6.51. The Morgan fingerprint density at radius 1 is 0.950 bits per heavy atom. The summed E-state index contributed by atoms with van der Waals surface area (Å²) in [4.78, 5) is 27.8. The van der Waals surface area contributed by atoms with E-state index in [2.05, 4.69) is 5.32 Å². The smallest absolute Gasteiger partial charge is 0.264 e. The van der Waals surface area contributed by atoms with Crippen molar-refractivity contribution in [3.63, 3.8) is 0 Å². The highest BCUT2D eigenvalue weighted by molar-refractivity contribution is 7.92. The van der Waals surface area contributed by atoms with Crippen molar-refractivity contribution in [3.8, 4) is 5.75 Å². The van der Waals surface area contributed by atoms with Crippen molar-refractivity contribution >= 4 is 27.5 Å². The average Bonchev–Trinajstić information content (AvgIpc) is 2.95. The summed E-state index contributed by atoms with van der Waals surface area (Å²) in [6, 6.07) is 14.8. The quantitative estimate of drug-likeness (QED) is 0.344. The molecule has 0 spiro atoms. The highest BCUT2D eigenvalue weighted by Crippen LogP contribution is 2.26. The number of ether oxygens (including phenoxy) is 1. The summed E-state index contributed by atoms with van der Waals surface area (Å²) in [6.07, 6.45) is 0.651. The Labute approximate surface area is 233 Å². The molecule has 40 heavy (non-hydrogen) atoms. The number of sulfonamides is 1. The van der Waals surface area contributed by atoms with Gasteiger partial charge in [0.2, 0.25) is 11.8 Å². The SMILES string of the molecule is CC[C@H](C)NC(=O)[C@@H](C)N(Cc1ccccc1F)C(=O)CN(c1ccc(F)cc1)S(=O)(=O)c1ccc(OC)cc1. The fourth-order valence-corrected chi connectivity index (χ4v) is 5.28. The van der Waals surface area contributed by atoms with E-state index >= 15 is 0 Å². The van der Waals surface area contributed by atoms with Crippen LogP contribution in [0.4, 0.5) is 14.5 Å². The van der Waals surface area contributed by atoms with Crippen LogP contribution >= 0.6 is 0 Å². The summed E-state index contributed by atoms with van der Waals surface area (Å²) < 4.78 is 61.8. The molecule has 0 bridgehead atoms. The van der Waals surface area contributed by atoms with E-state index in [1.807, 2.05) is 13.8 Å². The molecule has 0 aliphatic carbocycles. The number of halogens is 2. The molecule has 0 saturated carbocycles. The molecule has 0 unspecified atom stereocenters. The van der Waals surface area contributed by atoms with E-state index in [1.165, 1.54) is 68.6 Å². The summed E-state index contributed by atoms with van der Waals surface area (Å²) in [5, 5.41) is 2.81. The topological polar surface area (TPSA) is 96.0 Å². The van der Waals surface area contributed by atoms with Crippen LogP contribution in [0.3, 0.4) is 0 Å². The maximum atomic E-state index is 14.6. The molecular weight excluding hydrogens is 540 g/mol. The van der Waals surface area contributed by atoms with Crippen molar-refractivity contribution in [1.82, 2.24) is 10.2 Å². The summed E-state index contributed by atoms with van der Waals surface area (Å²) >= 11 is 0. The molecule has 11 heteroatoms. The molecule has 0 heterocycles. The predicted octanol–water partition coefficient (Wildman–Crippen LogP) is 4.50. The maximum Gasteiger partial charge on any atom is 0.264 e. The third-order valence-corrected chi connectivity index (χ3v) is 8.30. The van der Waals surface area contributed by atoms with Crippen LogP contribution in [0.1, 0.15) is 32.8 Å². The molecule has 3 aromatic carbocycles. The molecule has 0 aromatic heterocycles. The second-order valence-electron chi connectivity index (χ2n) is 9.27. The Bertz CT molecular complexity index is 1420. The number of benzene rings is 3. The lowest BCUT2D eigenvalue weighted by Gasteiger charge is -2.32. The molecule has 214 valence electrons. The number of nitrogens with zero attached hydrogens (tertiary/aromatic N) is 2. The lowest BCUT2D eigenvalue weighted by atomic mass is 10.1. The molecule has 0 fully saturated rings. The Hall–Kier alpha value is -3.99. The normalized spacial score (nSPS) is 12.8. The van der Waals surface area contributed by atoms with E-state index in [0.717, 1.165) is 21.3 Å². The summed E-state index contributed by atoms with van der Waals surface area (Å²) in [5.41, 5.74) is 0.193. The average molecular weight is 574 g/mol. The summed E-state index contributed by atoms with van der Waals surface area (Å²) in [5.74, 6) is -1.95. The third kappa shape index (κ3) is 7.35. The molecule has 0 radical (unpaired) electrons. The number of anilines is 1. The van der Waals surface area contributed by atoms with Crippen LogP contribution in [0.2, 0.25) is 0 Å². The van der Waals surface area contributed by atoms with Gasteiger partial charge in [-0.1, -0.05) is 25.1 Å². The number of carbonyl (C=O) groups excluding carboxylic acids is 2. The first-order chi connectivity index (χ1) is 19.0. The number of methoxy groups -OCH3 is 1. The summed E-state index contributed by atoms with van der Waals surface area (Å²) in [7, 11) is -2.90. The number of nitrogens with one attached hydrogen (secondary N) is 1. The minimum Gasteiger partial charge on any atom is -0.497 e. The largest absolute Gasteiger partial charge is 0.497 e. The zero-order chi connectivity index (χ0) is 29.4. The van der Waals surface area contributed by atoms with Crippen molar-refractivity contribution in [1.29, 1.82) is 0 Å². The van der Waals surface area contributed by atoms with Crippen molar-refractivity contribution in [2.45, 2.75) is 50.7 Å². The van der Waals surface area contributed by atoms with Gasteiger partial charge in [0, 0.05) is 18.2 Å². The molecule has 2 atom stereocenters. The first-order valence-corrected chi connectivity index (χ1v) is 14.2. The molecule has 8 nitrogen and oxygen atoms in total. The van der Waals surface area contributed by atoms with E-state index in [0.29, 0.717) is 12.2 Å². The van der Waals surface area contributed by atoms with Crippen LogP contribution < -0.4 is 14.4 Å². The highest BCUT2D eigenvalue weighted by atomic mass is 32.2. The van der Waals surface area contributed by atoms with E-state index in [1.54, 1.807) is 6.07 Å². The molecule has 0 aliphatic heterocycles. The number of amides is 2. The van der Waals surface area contributed by atoms with Gasteiger partial charge in [0.1, 0.15) is 30.0 Å². The van der Waals surface area contributed by atoms with Crippen LogP contribution in [0.5, 0.6) is 5.75 Å². The van der Waals surface area contributed by atoms with E-state index < -0.39 is 46.1 Å². The highest BCUT2D eigenvalue weighted by Gasteiger charge is 2.33. The Morgan fingerprint density at radius 3 is 2.15 bits per heavy atom. The first kappa shape index (κ1) is 30.6. The number of carbonyl (C=O) groups is 2. The molecule has 2 amide bonds. The Balaban J connectivity index is 2.03. The molecular formula is C29H33F2N3O5S. The van der Waals surface area contributed by atoms with E-state index in [9.17, 15) is 26.8 Å². The van der Waals surface area contributed by atoms with Gasteiger partial charge in [-0.2, -0.15) is 0 Å². The van der Waals surface area contributed by atoms with Crippen LogP contribution in [-0.4, -0.2) is 50.9 Å². The van der Waals surface area contributed by atoms with Gasteiger partial charge in [-0.15, -0.1) is 0 Å². The van der Waals surface area contributed by atoms with E-state index in [4.69, 9.17) is 4.74 Å². The van der Waals surface area contributed by atoms with Crippen LogP contribution in [0.15, 0.2) is 77.7 Å².